The predicted octanol–water partition coefficient (Wildman–Crippen LogP) is 0.236. The van der Waals surface area contributed by atoms with E-state index < -0.39 is 10.0 Å². The topological polar surface area (TPSA) is 90.4 Å². The molecule has 2 saturated heterocycles. The molecular formula is C19H29N3O5S. The summed E-state index contributed by atoms with van der Waals surface area (Å²) in [6.45, 7) is 5.82. The quantitative estimate of drug-likeness (QED) is 0.721. The highest BCUT2D eigenvalue weighted by Gasteiger charge is 2.32. The summed E-state index contributed by atoms with van der Waals surface area (Å²) in [6.07, 6.45) is 0.852. The van der Waals surface area contributed by atoms with Crippen molar-refractivity contribution in [3.8, 4) is 0 Å². The van der Waals surface area contributed by atoms with Gasteiger partial charge in [0.25, 0.3) is 5.91 Å². The van der Waals surface area contributed by atoms with Crippen LogP contribution in [0.5, 0.6) is 0 Å². The van der Waals surface area contributed by atoms with Crippen molar-refractivity contribution in [2.24, 2.45) is 0 Å². The lowest BCUT2D eigenvalue weighted by molar-refractivity contribution is 0.0469. The lowest BCUT2D eigenvalue weighted by atomic mass is 10.1. The van der Waals surface area contributed by atoms with Crippen molar-refractivity contribution in [2.75, 3.05) is 59.1 Å². The largest absolute Gasteiger partial charge is 0.395 e. The summed E-state index contributed by atoms with van der Waals surface area (Å²) in [7, 11) is -3.75. The van der Waals surface area contributed by atoms with Crippen LogP contribution in [0.1, 0.15) is 23.7 Å². The fourth-order valence-electron chi connectivity index (χ4n) is 3.76. The number of aliphatic hydroxyl groups is 1. The van der Waals surface area contributed by atoms with Crippen molar-refractivity contribution in [3.63, 3.8) is 0 Å². The minimum absolute atomic E-state index is 0.0612. The third-order valence-corrected chi connectivity index (χ3v) is 7.46. The van der Waals surface area contributed by atoms with Crippen molar-refractivity contribution in [1.82, 2.24) is 14.1 Å². The Labute approximate surface area is 166 Å². The Hall–Kier alpha value is -1.52. The SMILES string of the molecule is CC[C@@H](CO)N1CCN(C(=O)c2ccccc2S(=O)(=O)N2CCOCC2)CC1. The van der Waals surface area contributed by atoms with E-state index in [2.05, 4.69) is 4.90 Å². The maximum Gasteiger partial charge on any atom is 0.255 e. The summed E-state index contributed by atoms with van der Waals surface area (Å²) in [5.41, 5.74) is 0.219. The van der Waals surface area contributed by atoms with Crippen LogP contribution in [0.2, 0.25) is 0 Å². The summed E-state index contributed by atoms with van der Waals surface area (Å²) in [5.74, 6) is -0.260. The van der Waals surface area contributed by atoms with Gasteiger partial charge >= 0.3 is 0 Å². The van der Waals surface area contributed by atoms with Gasteiger partial charge in [0.1, 0.15) is 0 Å². The second-order valence-corrected chi connectivity index (χ2v) is 8.99. The molecule has 2 heterocycles. The van der Waals surface area contributed by atoms with Crippen molar-refractivity contribution in [2.45, 2.75) is 24.3 Å². The smallest absolute Gasteiger partial charge is 0.255 e. The highest BCUT2D eigenvalue weighted by Crippen LogP contribution is 2.23. The highest BCUT2D eigenvalue weighted by molar-refractivity contribution is 7.89. The van der Waals surface area contributed by atoms with E-state index in [-0.39, 0.29) is 29.0 Å². The number of amides is 1. The molecule has 1 amide bonds. The van der Waals surface area contributed by atoms with Gasteiger partial charge < -0.3 is 14.7 Å². The number of hydrogen-bond acceptors (Lipinski definition) is 6. The minimum atomic E-state index is -3.75. The number of sulfonamides is 1. The Morgan fingerprint density at radius 2 is 1.75 bits per heavy atom. The molecule has 28 heavy (non-hydrogen) atoms. The molecule has 1 aromatic rings. The molecule has 0 spiro atoms. The van der Waals surface area contributed by atoms with Gasteiger partial charge in [-0.15, -0.1) is 0 Å². The normalized spacial score (nSPS) is 20.9. The molecular weight excluding hydrogens is 382 g/mol. The lowest BCUT2D eigenvalue weighted by Crippen LogP contribution is -2.53. The van der Waals surface area contributed by atoms with E-state index >= 15 is 0 Å². The summed E-state index contributed by atoms with van der Waals surface area (Å²) in [4.78, 5) is 17.1. The number of benzene rings is 1. The van der Waals surface area contributed by atoms with Gasteiger partial charge in [0.15, 0.2) is 0 Å². The van der Waals surface area contributed by atoms with E-state index in [9.17, 15) is 18.3 Å². The molecule has 9 heteroatoms. The molecule has 2 fully saturated rings. The number of rotatable bonds is 6. The van der Waals surface area contributed by atoms with Gasteiger partial charge in [-0.1, -0.05) is 19.1 Å². The first-order valence-corrected chi connectivity index (χ1v) is 11.2. The van der Waals surface area contributed by atoms with Crippen molar-refractivity contribution in [3.05, 3.63) is 29.8 Å². The van der Waals surface area contributed by atoms with Crippen LogP contribution in [0.25, 0.3) is 0 Å². The average Bonchev–Trinajstić information content (AvgIpc) is 2.75. The number of piperazine rings is 1. The average molecular weight is 412 g/mol. The lowest BCUT2D eigenvalue weighted by Gasteiger charge is -2.38. The van der Waals surface area contributed by atoms with Gasteiger partial charge in [0, 0.05) is 45.3 Å². The molecule has 1 atom stereocenters. The summed E-state index contributed by atoms with van der Waals surface area (Å²) in [6, 6.07) is 6.54. The first-order valence-electron chi connectivity index (χ1n) is 9.80. The number of carbonyl (C=O) groups is 1. The highest BCUT2D eigenvalue weighted by atomic mass is 32.2. The minimum Gasteiger partial charge on any atom is -0.395 e. The maximum atomic E-state index is 13.1. The monoisotopic (exact) mass is 411 g/mol. The number of ether oxygens (including phenoxy) is 1. The third kappa shape index (κ3) is 4.38. The Kier molecular flexibility index (Phi) is 7.05. The van der Waals surface area contributed by atoms with Crippen LogP contribution in [0.4, 0.5) is 0 Å². The zero-order valence-electron chi connectivity index (χ0n) is 16.3. The fourth-order valence-corrected chi connectivity index (χ4v) is 5.35. The van der Waals surface area contributed by atoms with Gasteiger partial charge in [-0.05, 0) is 18.6 Å². The maximum absolute atomic E-state index is 13.1. The number of carbonyl (C=O) groups excluding carboxylic acids is 1. The van der Waals surface area contributed by atoms with Crippen LogP contribution in [-0.2, 0) is 14.8 Å². The first-order chi connectivity index (χ1) is 13.5. The molecule has 8 nitrogen and oxygen atoms in total. The van der Waals surface area contributed by atoms with Crippen molar-refractivity contribution < 1.29 is 23.1 Å². The van der Waals surface area contributed by atoms with E-state index in [1.807, 2.05) is 6.92 Å². The number of hydrogen-bond donors (Lipinski definition) is 1. The van der Waals surface area contributed by atoms with Crippen molar-refractivity contribution in [1.29, 1.82) is 0 Å². The van der Waals surface area contributed by atoms with E-state index in [1.165, 1.54) is 10.4 Å². The van der Waals surface area contributed by atoms with E-state index in [0.717, 1.165) is 6.42 Å². The molecule has 2 aliphatic rings. The summed E-state index contributed by atoms with van der Waals surface area (Å²) >= 11 is 0. The zero-order valence-corrected chi connectivity index (χ0v) is 17.1. The van der Waals surface area contributed by atoms with Gasteiger partial charge in [-0.25, -0.2) is 8.42 Å². The van der Waals surface area contributed by atoms with Crippen LogP contribution in [-0.4, -0.2) is 98.7 Å². The molecule has 1 N–H and O–H groups in total. The molecule has 0 aliphatic carbocycles. The molecule has 0 unspecified atom stereocenters. The molecule has 0 saturated carbocycles. The number of nitrogens with zero attached hydrogens (tertiary/aromatic N) is 3. The molecule has 1 aromatic carbocycles. The van der Waals surface area contributed by atoms with E-state index in [4.69, 9.17) is 4.74 Å². The molecule has 156 valence electrons. The van der Waals surface area contributed by atoms with Gasteiger partial charge in [-0.3, -0.25) is 9.69 Å². The van der Waals surface area contributed by atoms with Crippen LogP contribution >= 0.6 is 0 Å². The molecule has 2 aliphatic heterocycles. The Morgan fingerprint density at radius 3 is 2.36 bits per heavy atom. The fraction of sp³-hybridized carbons (Fsp3) is 0.632. The van der Waals surface area contributed by atoms with E-state index in [0.29, 0.717) is 52.5 Å². The second kappa shape index (κ2) is 9.32. The number of aliphatic hydroxyl groups excluding tert-OH is 1. The van der Waals surface area contributed by atoms with Crippen LogP contribution in [0.15, 0.2) is 29.2 Å². The third-order valence-electron chi connectivity index (χ3n) is 5.51. The molecule has 0 radical (unpaired) electrons. The molecule has 3 rings (SSSR count). The van der Waals surface area contributed by atoms with Crippen LogP contribution < -0.4 is 0 Å². The van der Waals surface area contributed by atoms with Gasteiger partial charge in [0.05, 0.1) is 30.3 Å². The Bertz CT molecular complexity index is 768. The summed E-state index contributed by atoms with van der Waals surface area (Å²) < 4.78 is 32.8. The van der Waals surface area contributed by atoms with Crippen molar-refractivity contribution >= 4 is 15.9 Å². The summed E-state index contributed by atoms with van der Waals surface area (Å²) in [5, 5.41) is 9.48. The Balaban J connectivity index is 1.77. The molecule has 0 aromatic heterocycles. The predicted molar refractivity (Wildman–Crippen MR) is 105 cm³/mol. The Morgan fingerprint density at radius 1 is 1.11 bits per heavy atom. The van der Waals surface area contributed by atoms with E-state index in [1.54, 1.807) is 23.1 Å². The molecule has 0 bridgehead atoms. The van der Waals surface area contributed by atoms with Gasteiger partial charge in [0.2, 0.25) is 10.0 Å². The second-order valence-electron chi connectivity index (χ2n) is 7.09. The van der Waals surface area contributed by atoms with Gasteiger partial charge in [-0.2, -0.15) is 4.31 Å². The zero-order chi connectivity index (χ0) is 20.1. The van der Waals surface area contributed by atoms with Crippen LogP contribution in [0.3, 0.4) is 0 Å². The van der Waals surface area contributed by atoms with Crippen LogP contribution in [0, 0.1) is 0 Å². The standard InChI is InChI=1S/C19H29N3O5S/c1-2-16(15-23)20-7-9-21(10-8-20)19(24)17-5-3-4-6-18(17)28(25,26)22-11-13-27-14-12-22/h3-6,16,23H,2,7-15H2,1H3/t16-/m0/s1. The first kappa shape index (κ1) is 21.2. The number of morpholine rings is 1.